The number of aliphatic imine (C=N–C) groups is 1. The van der Waals surface area contributed by atoms with E-state index in [2.05, 4.69) is 20.9 Å². The average molecular weight is 325 g/mol. The first-order valence-electron chi connectivity index (χ1n) is 5.30. The van der Waals surface area contributed by atoms with Crippen molar-refractivity contribution in [2.45, 2.75) is 6.43 Å². The predicted octanol–water partition coefficient (Wildman–Crippen LogP) is 3.11. The first-order chi connectivity index (χ1) is 9.02. The predicted molar refractivity (Wildman–Crippen MR) is 68.9 cm³/mol. The second-order valence-electron chi connectivity index (χ2n) is 3.85. The zero-order valence-corrected chi connectivity index (χ0v) is 11.1. The Morgan fingerprint density at radius 1 is 1.32 bits per heavy atom. The number of rotatable bonds is 2. The van der Waals surface area contributed by atoms with Crippen molar-refractivity contribution in [1.29, 1.82) is 5.26 Å². The summed E-state index contributed by atoms with van der Waals surface area (Å²) in [5, 5.41) is 8.75. The van der Waals surface area contributed by atoms with Crippen molar-refractivity contribution in [1.82, 2.24) is 0 Å². The van der Waals surface area contributed by atoms with Crippen molar-refractivity contribution >= 4 is 27.5 Å². The van der Waals surface area contributed by atoms with Gasteiger partial charge >= 0.3 is 0 Å². The van der Waals surface area contributed by atoms with Gasteiger partial charge in [-0.05, 0) is 18.2 Å². The Morgan fingerprint density at radius 2 is 1.95 bits per heavy atom. The summed E-state index contributed by atoms with van der Waals surface area (Å²) in [6.45, 7) is 0. The second-order valence-corrected chi connectivity index (χ2v) is 4.76. The molecule has 1 amide bonds. The zero-order valence-electron chi connectivity index (χ0n) is 9.48. The summed E-state index contributed by atoms with van der Waals surface area (Å²) in [7, 11) is 0. The smallest absolute Gasteiger partial charge is 0.268 e. The molecule has 0 fully saturated rings. The van der Waals surface area contributed by atoms with Crippen LogP contribution in [0.25, 0.3) is 0 Å². The van der Waals surface area contributed by atoms with Gasteiger partial charge in [0.1, 0.15) is 0 Å². The minimum atomic E-state index is -2.85. The van der Waals surface area contributed by atoms with Gasteiger partial charge in [0.2, 0.25) is 0 Å². The number of amides is 1. The van der Waals surface area contributed by atoms with E-state index in [1.54, 1.807) is 30.3 Å². The van der Waals surface area contributed by atoms with Gasteiger partial charge in [0, 0.05) is 15.6 Å². The first kappa shape index (κ1) is 13.6. The van der Waals surface area contributed by atoms with E-state index < -0.39 is 23.8 Å². The molecule has 0 bridgehead atoms. The molecule has 19 heavy (non-hydrogen) atoms. The van der Waals surface area contributed by atoms with Crippen LogP contribution in [0.15, 0.2) is 45.4 Å². The summed E-state index contributed by atoms with van der Waals surface area (Å²) in [5.41, 5.74) is 0.200. The number of carbonyl (C=O) groups excluding carboxylic acids is 1. The van der Waals surface area contributed by atoms with Crippen LogP contribution >= 0.6 is 15.9 Å². The lowest BCUT2D eigenvalue weighted by atomic mass is 9.94. The Kier molecular flexibility index (Phi) is 3.86. The van der Waals surface area contributed by atoms with Crippen LogP contribution in [0.2, 0.25) is 0 Å². The van der Waals surface area contributed by atoms with Crippen LogP contribution in [0.3, 0.4) is 0 Å². The lowest BCUT2D eigenvalue weighted by Gasteiger charge is -2.16. The fourth-order valence-corrected chi connectivity index (χ4v) is 1.95. The number of alkyl halides is 2. The van der Waals surface area contributed by atoms with Crippen molar-refractivity contribution in [2.24, 2.45) is 10.9 Å². The maximum atomic E-state index is 12.8. The number of nitriles is 1. The zero-order chi connectivity index (χ0) is 14.0. The Balaban J connectivity index is 2.45. The van der Waals surface area contributed by atoms with Gasteiger partial charge in [0.25, 0.3) is 12.3 Å². The summed E-state index contributed by atoms with van der Waals surface area (Å²) >= 11 is 3.25. The van der Waals surface area contributed by atoms with E-state index in [0.717, 1.165) is 10.5 Å². The van der Waals surface area contributed by atoms with E-state index in [9.17, 15) is 13.6 Å². The molecule has 0 radical (unpaired) electrons. The average Bonchev–Trinajstić information content (AvgIpc) is 2.38. The Bertz CT molecular complexity index is 615. The summed E-state index contributed by atoms with van der Waals surface area (Å²) in [4.78, 5) is 15.3. The third-order valence-corrected chi connectivity index (χ3v) is 3.16. The van der Waals surface area contributed by atoms with Gasteiger partial charge in [-0.2, -0.15) is 5.26 Å². The molecule has 1 aromatic rings. The number of allylic oxidation sites excluding steroid dienone is 1. The van der Waals surface area contributed by atoms with E-state index in [1.165, 1.54) is 0 Å². The third-order valence-electron chi connectivity index (χ3n) is 2.64. The molecular formula is C13H7BrF2N2O. The molecule has 0 saturated carbocycles. The number of dihydropyridines is 1. The quantitative estimate of drug-likeness (QED) is 0.839. The lowest BCUT2D eigenvalue weighted by Crippen LogP contribution is -2.24. The molecule has 1 aromatic carbocycles. The number of carbonyl (C=O) groups is 1. The van der Waals surface area contributed by atoms with Crippen LogP contribution in [0.1, 0.15) is 5.56 Å². The Morgan fingerprint density at radius 3 is 2.47 bits per heavy atom. The lowest BCUT2D eigenvalue weighted by molar-refractivity contribution is -0.119. The Labute approximate surface area is 116 Å². The highest BCUT2D eigenvalue weighted by Gasteiger charge is 2.32. The molecule has 0 N–H and O–H groups in total. The molecule has 0 unspecified atom stereocenters. The van der Waals surface area contributed by atoms with E-state index in [-0.39, 0.29) is 5.71 Å². The summed E-state index contributed by atoms with van der Waals surface area (Å²) in [6, 6.07) is 8.30. The van der Waals surface area contributed by atoms with Gasteiger partial charge in [0.15, 0.2) is 5.92 Å². The molecule has 3 nitrogen and oxygen atoms in total. The monoisotopic (exact) mass is 324 g/mol. The molecule has 1 atom stereocenters. The van der Waals surface area contributed by atoms with Crippen LogP contribution in [0.4, 0.5) is 8.78 Å². The minimum Gasteiger partial charge on any atom is -0.271 e. The molecule has 2 rings (SSSR count). The van der Waals surface area contributed by atoms with Crippen molar-refractivity contribution in [3.8, 4) is 6.07 Å². The molecule has 96 valence electrons. The van der Waals surface area contributed by atoms with Gasteiger partial charge in [-0.3, -0.25) is 4.79 Å². The van der Waals surface area contributed by atoms with Gasteiger partial charge in [-0.15, -0.1) is 0 Å². The topological polar surface area (TPSA) is 53.2 Å². The molecule has 0 saturated heterocycles. The number of benzene rings is 1. The normalized spacial score (nSPS) is 18.9. The summed E-state index contributed by atoms with van der Waals surface area (Å²) < 4.78 is 26.5. The third kappa shape index (κ3) is 2.76. The summed E-state index contributed by atoms with van der Waals surface area (Å²) in [5.74, 6) is -2.34. The molecular weight excluding hydrogens is 318 g/mol. The second kappa shape index (κ2) is 5.41. The molecule has 0 aliphatic carbocycles. The molecule has 0 aromatic heterocycles. The maximum Gasteiger partial charge on any atom is 0.268 e. The maximum absolute atomic E-state index is 12.8. The van der Waals surface area contributed by atoms with Crippen LogP contribution < -0.4 is 0 Å². The van der Waals surface area contributed by atoms with E-state index in [4.69, 9.17) is 5.26 Å². The molecule has 1 aliphatic rings. The van der Waals surface area contributed by atoms with Gasteiger partial charge in [0.05, 0.1) is 11.8 Å². The number of hydrogen-bond donors (Lipinski definition) is 0. The molecule has 1 heterocycles. The van der Waals surface area contributed by atoms with Gasteiger partial charge in [-0.1, -0.05) is 28.1 Å². The largest absolute Gasteiger partial charge is 0.271 e. The summed E-state index contributed by atoms with van der Waals surface area (Å²) in [6.07, 6.45) is -1.74. The number of nitrogens with zero attached hydrogens (tertiary/aromatic N) is 2. The van der Waals surface area contributed by atoms with Crippen molar-refractivity contribution < 1.29 is 13.6 Å². The van der Waals surface area contributed by atoms with Crippen LogP contribution in [-0.2, 0) is 4.79 Å². The molecule has 6 heteroatoms. The highest BCUT2D eigenvalue weighted by atomic mass is 79.9. The highest BCUT2D eigenvalue weighted by molar-refractivity contribution is 9.10. The van der Waals surface area contributed by atoms with Crippen molar-refractivity contribution in [3.63, 3.8) is 0 Å². The SMILES string of the molecule is N#C[C@@H]1C(=O)N=C(c2ccc(Br)cc2)C=C1C(F)F. The fraction of sp³-hybridized carbons (Fsp3) is 0.154. The minimum absolute atomic E-state index is 0.152. The van der Waals surface area contributed by atoms with E-state index in [1.807, 2.05) is 0 Å². The molecule has 0 spiro atoms. The Hall–Kier alpha value is -1.87. The number of halogens is 3. The molecule has 1 aliphatic heterocycles. The van der Waals surface area contributed by atoms with Crippen LogP contribution in [0.5, 0.6) is 0 Å². The standard InChI is InChI=1S/C13H7BrF2N2O/c14-8-3-1-7(2-4-8)11-5-9(12(15)16)10(6-17)13(19)18-11/h1-5,10,12H/t10-/m0/s1. The van der Waals surface area contributed by atoms with Crippen LogP contribution in [-0.4, -0.2) is 18.0 Å². The number of hydrogen-bond acceptors (Lipinski definition) is 2. The fourth-order valence-electron chi connectivity index (χ4n) is 1.69. The van der Waals surface area contributed by atoms with Crippen molar-refractivity contribution in [2.75, 3.05) is 0 Å². The first-order valence-corrected chi connectivity index (χ1v) is 6.10. The van der Waals surface area contributed by atoms with Crippen molar-refractivity contribution in [3.05, 3.63) is 46.0 Å². The van der Waals surface area contributed by atoms with Crippen LogP contribution in [0, 0.1) is 17.2 Å². The van der Waals surface area contributed by atoms with Gasteiger partial charge in [-0.25, -0.2) is 13.8 Å². The van der Waals surface area contributed by atoms with E-state index >= 15 is 0 Å². The highest BCUT2D eigenvalue weighted by Crippen LogP contribution is 2.25. The van der Waals surface area contributed by atoms with E-state index in [0.29, 0.717) is 5.56 Å². The van der Waals surface area contributed by atoms with Gasteiger partial charge < -0.3 is 0 Å².